The molecule has 1 saturated heterocycles. The largest absolute Gasteiger partial charge is 0.482 e. The molecule has 1 spiro atoms. The molecule has 5 nitrogen and oxygen atoms in total. The molecule has 0 amide bonds. The number of benzene rings is 1. The van der Waals surface area contributed by atoms with Gasteiger partial charge in [0.05, 0.1) is 0 Å². The van der Waals surface area contributed by atoms with Gasteiger partial charge in [0, 0.05) is 29.9 Å². The Hall–Kier alpha value is -1.85. The maximum Gasteiger partial charge on any atom is 0.308 e. The van der Waals surface area contributed by atoms with E-state index in [1.807, 2.05) is 12.1 Å². The predicted molar refractivity (Wildman–Crippen MR) is 87.2 cm³/mol. The van der Waals surface area contributed by atoms with Gasteiger partial charge in [-0.05, 0) is 38.1 Å². The van der Waals surface area contributed by atoms with Crippen molar-refractivity contribution in [2.24, 2.45) is 5.92 Å². The Bertz CT molecular complexity index is 773. The van der Waals surface area contributed by atoms with Crippen LogP contribution in [0.5, 0.6) is 11.5 Å². The molecule has 1 fully saturated rings. The number of hydrogen-bond acceptors (Lipinski definition) is 5. The first-order valence-corrected chi connectivity index (χ1v) is 8.60. The molecule has 5 heteroatoms. The van der Waals surface area contributed by atoms with Crippen molar-refractivity contribution in [3.05, 3.63) is 35.4 Å². The molecule has 0 saturated carbocycles. The SMILES string of the molecule is CC(=O)Oc1ccc2c3c1OC1C(O)C=CC4C(C2)N(C)CCC341. The van der Waals surface area contributed by atoms with Gasteiger partial charge in [0.25, 0.3) is 0 Å². The second-order valence-corrected chi connectivity index (χ2v) is 7.50. The molecule has 0 radical (unpaired) electrons. The van der Waals surface area contributed by atoms with E-state index in [4.69, 9.17) is 9.47 Å². The molecule has 5 atom stereocenters. The first kappa shape index (κ1) is 14.5. The number of piperidine rings is 1. The molecule has 2 heterocycles. The number of carbonyl (C=O) groups is 1. The predicted octanol–water partition coefficient (Wildman–Crippen LogP) is 1.42. The Morgan fingerprint density at radius 1 is 1.42 bits per heavy atom. The van der Waals surface area contributed by atoms with Crippen LogP contribution in [0.3, 0.4) is 0 Å². The van der Waals surface area contributed by atoms with Crippen LogP contribution in [0.2, 0.25) is 0 Å². The van der Waals surface area contributed by atoms with Crippen molar-refractivity contribution in [3.8, 4) is 11.5 Å². The van der Waals surface area contributed by atoms with Crippen molar-refractivity contribution in [3.63, 3.8) is 0 Å². The van der Waals surface area contributed by atoms with E-state index in [0.29, 0.717) is 23.5 Å². The van der Waals surface area contributed by atoms with E-state index >= 15 is 0 Å². The second kappa shape index (κ2) is 4.61. The monoisotopic (exact) mass is 327 g/mol. The summed E-state index contributed by atoms with van der Waals surface area (Å²) in [5, 5.41) is 10.6. The third-order valence-electron chi connectivity index (χ3n) is 6.39. The van der Waals surface area contributed by atoms with E-state index in [0.717, 1.165) is 19.4 Å². The first-order chi connectivity index (χ1) is 11.5. The molecule has 0 aromatic heterocycles. The molecular weight excluding hydrogens is 306 g/mol. The summed E-state index contributed by atoms with van der Waals surface area (Å²) >= 11 is 0. The highest BCUT2D eigenvalue weighted by atomic mass is 16.6. The summed E-state index contributed by atoms with van der Waals surface area (Å²) in [6.45, 7) is 2.38. The highest BCUT2D eigenvalue weighted by Crippen LogP contribution is 2.62. The summed E-state index contributed by atoms with van der Waals surface area (Å²) in [4.78, 5) is 13.9. The zero-order chi connectivity index (χ0) is 16.6. The van der Waals surface area contributed by atoms with Gasteiger partial charge in [0.15, 0.2) is 11.5 Å². The third-order valence-corrected chi connectivity index (χ3v) is 6.39. The lowest BCUT2D eigenvalue weighted by molar-refractivity contribution is -0.132. The standard InChI is InChI=1S/C19H21NO4/c1-10(21)23-15-6-3-11-9-13-12-4-5-14(22)18-19(12,7-8-20(13)2)16(11)17(15)24-18/h3-6,12-14,18,22H,7-9H2,1-2H3. The summed E-state index contributed by atoms with van der Waals surface area (Å²) in [7, 11) is 2.18. The number of aliphatic hydroxyl groups is 1. The van der Waals surface area contributed by atoms with Crippen LogP contribution in [-0.4, -0.2) is 47.8 Å². The van der Waals surface area contributed by atoms with Crippen LogP contribution in [0.4, 0.5) is 0 Å². The van der Waals surface area contributed by atoms with Crippen LogP contribution in [0.1, 0.15) is 24.5 Å². The van der Waals surface area contributed by atoms with Crippen molar-refractivity contribution in [1.82, 2.24) is 4.90 Å². The highest BCUT2D eigenvalue weighted by molar-refractivity contribution is 5.72. The van der Waals surface area contributed by atoms with E-state index < -0.39 is 6.10 Å². The molecule has 2 bridgehead atoms. The fourth-order valence-corrected chi connectivity index (χ4v) is 5.46. The van der Waals surface area contributed by atoms with E-state index in [1.54, 1.807) is 0 Å². The Kier molecular flexibility index (Phi) is 2.78. The minimum Gasteiger partial charge on any atom is -0.482 e. The zero-order valence-corrected chi connectivity index (χ0v) is 13.9. The highest BCUT2D eigenvalue weighted by Gasteiger charge is 2.64. The van der Waals surface area contributed by atoms with Crippen LogP contribution in [0.25, 0.3) is 0 Å². The molecule has 1 aromatic rings. The van der Waals surface area contributed by atoms with Gasteiger partial charge < -0.3 is 19.5 Å². The van der Waals surface area contributed by atoms with Crippen LogP contribution >= 0.6 is 0 Å². The summed E-state index contributed by atoms with van der Waals surface area (Å²) in [6.07, 6.45) is 5.04. The maximum absolute atomic E-state index is 11.5. The van der Waals surface area contributed by atoms with Crippen molar-refractivity contribution in [2.45, 2.75) is 43.4 Å². The van der Waals surface area contributed by atoms with Gasteiger partial charge in [-0.3, -0.25) is 4.79 Å². The third kappa shape index (κ3) is 1.59. The topological polar surface area (TPSA) is 59.0 Å². The molecule has 1 aromatic carbocycles. The van der Waals surface area contributed by atoms with Gasteiger partial charge in [-0.2, -0.15) is 0 Å². The number of likely N-dealkylation sites (tertiary alicyclic amines) is 1. The quantitative estimate of drug-likeness (QED) is 0.480. The van der Waals surface area contributed by atoms with Crippen LogP contribution in [-0.2, 0) is 16.6 Å². The van der Waals surface area contributed by atoms with Gasteiger partial charge in [-0.25, -0.2) is 0 Å². The fraction of sp³-hybridized carbons (Fsp3) is 0.526. The number of ether oxygens (including phenoxy) is 2. The Morgan fingerprint density at radius 3 is 3.04 bits per heavy atom. The Labute approximate surface area is 140 Å². The Morgan fingerprint density at radius 2 is 2.25 bits per heavy atom. The number of likely N-dealkylation sites (N-methyl/N-ethyl adjacent to an activating group) is 1. The summed E-state index contributed by atoms with van der Waals surface area (Å²) in [5.74, 6) is 1.12. The van der Waals surface area contributed by atoms with E-state index in [1.165, 1.54) is 18.1 Å². The molecular formula is C19H21NO4. The molecule has 24 heavy (non-hydrogen) atoms. The van der Waals surface area contributed by atoms with Gasteiger partial charge in [-0.1, -0.05) is 18.2 Å². The summed E-state index contributed by atoms with van der Waals surface area (Å²) < 4.78 is 11.7. The minimum absolute atomic E-state index is 0.204. The second-order valence-electron chi connectivity index (χ2n) is 7.50. The normalized spacial score (nSPS) is 38.5. The lowest BCUT2D eigenvalue weighted by Gasteiger charge is -2.56. The summed E-state index contributed by atoms with van der Waals surface area (Å²) in [6, 6.07) is 4.32. The molecule has 5 unspecified atom stereocenters. The van der Waals surface area contributed by atoms with Gasteiger partial charge in [0.2, 0.25) is 0 Å². The number of rotatable bonds is 1. The van der Waals surface area contributed by atoms with Gasteiger partial charge >= 0.3 is 5.97 Å². The van der Waals surface area contributed by atoms with Gasteiger partial charge in [-0.15, -0.1) is 0 Å². The average Bonchev–Trinajstić information content (AvgIpc) is 2.89. The lowest BCUT2D eigenvalue weighted by Crippen LogP contribution is -2.64. The van der Waals surface area contributed by atoms with E-state index in [2.05, 4.69) is 24.1 Å². The first-order valence-electron chi connectivity index (χ1n) is 8.60. The zero-order valence-electron chi connectivity index (χ0n) is 13.9. The Balaban J connectivity index is 1.76. The molecule has 5 rings (SSSR count). The van der Waals surface area contributed by atoms with Crippen molar-refractivity contribution in [2.75, 3.05) is 13.6 Å². The van der Waals surface area contributed by atoms with Crippen LogP contribution in [0.15, 0.2) is 24.3 Å². The van der Waals surface area contributed by atoms with Crippen molar-refractivity contribution in [1.29, 1.82) is 0 Å². The van der Waals surface area contributed by atoms with Gasteiger partial charge in [0.1, 0.15) is 12.2 Å². The molecule has 1 N–H and O–H groups in total. The lowest BCUT2D eigenvalue weighted by atomic mass is 9.53. The number of esters is 1. The number of aliphatic hydroxyl groups excluding tert-OH is 1. The molecule has 2 aliphatic heterocycles. The smallest absolute Gasteiger partial charge is 0.308 e. The van der Waals surface area contributed by atoms with E-state index in [-0.39, 0.29) is 17.5 Å². The average molecular weight is 327 g/mol. The van der Waals surface area contributed by atoms with Crippen LogP contribution < -0.4 is 9.47 Å². The molecule has 4 aliphatic rings. The van der Waals surface area contributed by atoms with Crippen LogP contribution in [0, 0.1) is 5.92 Å². The molecule has 126 valence electrons. The number of hydrogen-bond donors (Lipinski definition) is 1. The number of nitrogens with zero attached hydrogens (tertiary/aromatic N) is 1. The fourth-order valence-electron chi connectivity index (χ4n) is 5.46. The number of carbonyl (C=O) groups excluding carboxylic acids is 1. The summed E-state index contributed by atoms with van der Waals surface area (Å²) in [5.41, 5.74) is 2.23. The van der Waals surface area contributed by atoms with Crippen molar-refractivity contribution < 1.29 is 19.4 Å². The maximum atomic E-state index is 11.5. The minimum atomic E-state index is -0.631. The molecule has 2 aliphatic carbocycles. The van der Waals surface area contributed by atoms with Crippen molar-refractivity contribution >= 4 is 5.97 Å². The van der Waals surface area contributed by atoms with E-state index in [9.17, 15) is 9.90 Å².